The van der Waals surface area contributed by atoms with Crippen LogP contribution in [0.4, 0.5) is 0 Å². The van der Waals surface area contributed by atoms with E-state index in [4.69, 9.17) is 0 Å². The van der Waals surface area contributed by atoms with Gasteiger partial charge in [0.15, 0.2) is 0 Å². The second kappa shape index (κ2) is 7.00. The summed E-state index contributed by atoms with van der Waals surface area (Å²) in [5, 5.41) is 3.38. The van der Waals surface area contributed by atoms with Crippen LogP contribution in [0.3, 0.4) is 0 Å². The van der Waals surface area contributed by atoms with Gasteiger partial charge in [0.05, 0.1) is 4.90 Å². The summed E-state index contributed by atoms with van der Waals surface area (Å²) >= 11 is 5.24. The van der Waals surface area contributed by atoms with Crippen LogP contribution in [0.15, 0.2) is 27.6 Å². The van der Waals surface area contributed by atoms with E-state index in [1.165, 1.54) is 0 Å². The Bertz CT molecular complexity index is 607. The van der Waals surface area contributed by atoms with E-state index in [2.05, 4.69) is 28.2 Å². The third-order valence-corrected chi connectivity index (χ3v) is 8.09. The van der Waals surface area contributed by atoms with Gasteiger partial charge in [-0.05, 0) is 47.6 Å². The molecule has 118 valence electrons. The molecule has 1 heterocycles. The number of hydrogen-bond acceptors (Lipinski definition) is 4. The fourth-order valence-corrected chi connectivity index (χ4v) is 6.52. The first-order chi connectivity index (χ1) is 9.87. The zero-order valence-corrected chi connectivity index (χ0v) is 15.7. The molecular formula is C14H21BrN2O2S2. The number of rotatable bonds is 4. The normalized spacial score (nSPS) is 24.2. The third kappa shape index (κ3) is 3.64. The maximum atomic E-state index is 12.9. The van der Waals surface area contributed by atoms with E-state index < -0.39 is 10.0 Å². The van der Waals surface area contributed by atoms with Crippen LogP contribution in [-0.4, -0.2) is 43.4 Å². The quantitative estimate of drug-likeness (QED) is 0.855. The van der Waals surface area contributed by atoms with Crippen LogP contribution in [0.25, 0.3) is 0 Å². The van der Waals surface area contributed by atoms with Crippen molar-refractivity contribution in [2.75, 3.05) is 19.3 Å². The molecule has 0 radical (unpaired) electrons. The Hall–Kier alpha value is -0.0800. The van der Waals surface area contributed by atoms with Gasteiger partial charge in [-0.1, -0.05) is 13.0 Å². The van der Waals surface area contributed by atoms with Gasteiger partial charge in [0.25, 0.3) is 0 Å². The minimum atomic E-state index is -3.45. The Morgan fingerprint density at radius 1 is 1.43 bits per heavy atom. The topological polar surface area (TPSA) is 49.4 Å². The molecular weight excluding hydrogens is 372 g/mol. The van der Waals surface area contributed by atoms with Crippen molar-refractivity contribution in [3.05, 3.63) is 28.2 Å². The van der Waals surface area contributed by atoms with Crippen molar-refractivity contribution in [2.24, 2.45) is 0 Å². The summed E-state index contributed by atoms with van der Waals surface area (Å²) in [6.45, 7) is 5.36. The molecule has 1 aromatic rings. The number of sulfonamides is 1. The van der Waals surface area contributed by atoms with Gasteiger partial charge in [-0.3, -0.25) is 0 Å². The smallest absolute Gasteiger partial charge is 0.244 e. The lowest BCUT2D eigenvalue weighted by molar-refractivity contribution is 0.340. The van der Waals surface area contributed by atoms with Crippen molar-refractivity contribution in [1.82, 2.24) is 9.62 Å². The monoisotopic (exact) mass is 392 g/mol. The first kappa shape index (κ1) is 17.3. The second-order valence-electron chi connectivity index (χ2n) is 5.23. The molecule has 1 aliphatic rings. The number of benzene rings is 1. The summed E-state index contributed by atoms with van der Waals surface area (Å²) in [4.78, 5) is 0.355. The van der Waals surface area contributed by atoms with Gasteiger partial charge in [0, 0.05) is 34.6 Å². The Morgan fingerprint density at radius 2 is 2.14 bits per heavy atom. The van der Waals surface area contributed by atoms with Crippen LogP contribution in [-0.2, 0) is 16.6 Å². The summed E-state index contributed by atoms with van der Waals surface area (Å²) in [6, 6.07) is 5.44. The van der Waals surface area contributed by atoms with Crippen molar-refractivity contribution in [3.8, 4) is 0 Å². The average Bonchev–Trinajstić information content (AvgIpc) is 2.42. The Labute approximate surface area is 139 Å². The minimum Gasteiger partial charge on any atom is -0.316 e. The molecule has 7 heteroatoms. The lowest BCUT2D eigenvalue weighted by Crippen LogP contribution is -2.47. The molecule has 1 fully saturated rings. The lowest BCUT2D eigenvalue weighted by atomic mass is 10.2. The molecule has 21 heavy (non-hydrogen) atoms. The first-order valence-corrected chi connectivity index (χ1v) is 10.2. The van der Waals surface area contributed by atoms with Crippen LogP contribution in [0, 0.1) is 0 Å². The van der Waals surface area contributed by atoms with Crippen molar-refractivity contribution in [3.63, 3.8) is 0 Å². The number of nitrogens with zero attached hydrogens (tertiary/aromatic N) is 1. The van der Waals surface area contributed by atoms with Crippen molar-refractivity contribution >= 4 is 37.7 Å². The van der Waals surface area contributed by atoms with Crippen LogP contribution in [0.2, 0.25) is 0 Å². The highest BCUT2D eigenvalue weighted by Crippen LogP contribution is 2.32. The highest BCUT2D eigenvalue weighted by atomic mass is 79.9. The van der Waals surface area contributed by atoms with Gasteiger partial charge in [-0.2, -0.15) is 16.1 Å². The van der Waals surface area contributed by atoms with Crippen LogP contribution in [0.1, 0.15) is 19.4 Å². The van der Waals surface area contributed by atoms with E-state index in [0.29, 0.717) is 27.7 Å². The summed E-state index contributed by atoms with van der Waals surface area (Å²) in [7, 11) is -1.59. The fraction of sp³-hybridized carbons (Fsp3) is 0.571. The first-order valence-electron chi connectivity index (χ1n) is 6.94. The number of nitrogens with one attached hydrogen (secondary N) is 1. The standard InChI is InChI=1S/C14H21BrN2O2S2/c1-10-11(2)20-7-6-17(10)21(18,19)14-5-4-12(9-16-3)8-13(14)15/h4-5,8,10-11,16H,6-7,9H2,1-3H3. The van der Waals surface area contributed by atoms with Gasteiger partial charge < -0.3 is 5.32 Å². The van der Waals surface area contributed by atoms with Crippen molar-refractivity contribution in [2.45, 2.75) is 36.6 Å². The average molecular weight is 393 g/mol. The summed E-state index contributed by atoms with van der Waals surface area (Å²) < 4.78 is 28.1. The van der Waals surface area contributed by atoms with Crippen LogP contribution >= 0.6 is 27.7 Å². The summed E-state index contributed by atoms with van der Waals surface area (Å²) in [6.07, 6.45) is 0. The predicted octanol–water partition coefficient (Wildman–Crippen LogP) is 2.68. The van der Waals surface area contributed by atoms with Gasteiger partial charge >= 0.3 is 0 Å². The van der Waals surface area contributed by atoms with E-state index in [0.717, 1.165) is 11.3 Å². The maximum absolute atomic E-state index is 12.9. The number of hydrogen-bond donors (Lipinski definition) is 1. The maximum Gasteiger partial charge on any atom is 0.244 e. The molecule has 1 N–H and O–H groups in total. The Morgan fingerprint density at radius 3 is 2.76 bits per heavy atom. The van der Waals surface area contributed by atoms with Gasteiger partial charge in [0.2, 0.25) is 10.0 Å². The molecule has 0 aromatic heterocycles. The minimum absolute atomic E-state index is 0.0117. The van der Waals surface area contributed by atoms with Crippen molar-refractivity contribution < 1.29 is 8.42 Å². The molecule has 0 aliphatic carbocycles. The molecule has 0 spiro atoms. The van der Waals surface area contributed by atoms with Gasteiger partial charge in [-0.25, -0.2) is 8.42 Å². The van der Waals surface area contributed by atoms with E-state index in [9.17, 15) is 8.42 Å². The van der Waals surface area contributed by atoms with Crippen LogP contribution < -0.4 is 5.32 Å². The summed E-state index contributed by atoms with van der Waals surface area (Å²) in [5.41, 5.74) is 1.05. The highest BCUT2D eigenvalue weighted by molar-refractivity contribution is 9.10. The molecule has 1 aliphatic heterocycles. The van der Waals surface area contributed by atoms with Crippen molar-refractivity contribution in [1.29, 1.82) is 0 Å². The molecule has 2 unspecified atom stereocenters. The van der Waals surface area contributed by atoms with Gasteiger partial charge in [0.1, 0.15) is 0 Å². The van der Waals surface area contributed by atoms with E-state index in [-0.39, 0.29) is 6.04 Å². The number of halogens is 1. The third-order valence-electron chi connectivity index (χ3n) is 3.79. The fourth-order valence-electron chi connectivity index (χ4n) is 2.44. The zero-order valence-electron chi connectivity index (χ0n) is 12.5. The molecule has 4 nitrogen and oxygen atoms in total. The molecule has 0 saturated carbocycles. The molecule has 0 bridgehead atoms. The SMILES string of the molecule is CNCc1ccc(S(=O)(=O)N2CCSC(C)C2C)c(Br)c1. The molecule has 1 saturated heterocycles. The van der Waals surface area contributed by atoms with E-state index >= 15 is 0 Å². The number of thioether (sulfide) groups is 1. The molecule has 0 amide bonds. The molecule has 2 atom stereocenters. The van der Waals surface area contributed by atoms with E-state index in [1.54, 1.807) is 10.4 Å². The van der Waals surface area contributed by atoms with E-state index in [1.807, 2.05) is 37.9 Å². The largest absolute Gasteiger partial charge is 0.316 e. The molecule has 1 aromatic carbocycles. The summed E-state index contributed by atoms with van der Waals surface area (Å²) in [5.74, 6) is 0.847. The molecule has 2 rings (SSSR count). The highest BCUT2D eigenvalue weighted by Gasteiger charge is 2.35. The Kier molecular flexibility index (Phi) is 5.76. The Balaban J connectivity index is 2.35. The zero-order chi connectivity index (χ0) is 15.6. The second-order valence-corrected chi connectivity index (χ2v) is 9.43. The van der Waals surface area contributed by atoms with Gasteiger partial charge in [-0.15, -0.1) is 0 Å². The predicted molar refractivity (Wildman–Crippen MR) is 92.2 cm³/mol. The van der Waals surface area contributed by atoms with Crippen LogP contribution in [0.5, 0.6) is 0 Å². The lowest BCUT2D eigenvalue weighted by Gasteiger charge is -2.36.